The zero-order valence-electron chi connectivity index (χ0n) is 8.80. The lowest BCUT2D eigenvalue weighted by atomic mass is 9.77. The van der Waals surface area contributed by atoms with Gasteiger partial charge >= 0.3 is 11.9 Å². The summed E-state index contributed by atoms with van der Waals surface area (Å²) in [6, 6.07) is 7.19. The quantitative estimate of drug-likeness (QED) is 0.741. The number of carbonyl (C=O) groups is 2. The molecule has 1 unspecified atom stereocenters. The average molecular weight is 220 g/mol. The zero-order valence-corrected chi connectivity index (χ0v) is 8.80. The Balaban J connectivity index is 2.57. The molecule has 0 heterocycles. The standard InChI is InChI=1S/C12H12O4/c1-7-9-5-3-2-4-8(9)6-12(7,10(13)14)11(15)16/h2-5,7H,6H2,1H3,(H,13,14)(H,15,16). The van der Waals surface area contributed by atoms with Crippen LogP contribution in [0.15, 0.2) is 24.3 Å². The number of hydrogen-bond acceptors (Lipinski definition) is 2. The van der Waals surface area contributed by atoms with E-state index in [1.807, 2.05) is 0 Å². The Kier molecular flexibility index (Phi) is 2.22. The summed E-state index contributed by atoms with van der Waals surface area (Å²) in [7, 11) is 0. The van der Waals surface area contributed by atoms with Crippen molar-refractivity contribution in [2.75, 3.05) is 0 Å². The van der Waals surface area contributed by atoms with E-state index < -0.39 is 23.3 Å². The van der Waals surface area contributed by atoms with Crippen LogP contribution in [0.25, 0.3) is 0 Å². The van der Waals surface area contributed by atoms with Gasteiger partial charge in [-0.05, 0) is 11.1 Å². The monoisotopic (exact) mass is 220 g/mol. The van der Waals surface area contributed by atoms with Crippen molar-refractivity contribution < 1.29 is 19.8 Å². The Hall–Kier alpha value is -1.84. The van der Waals surface area contributed by atoms with Crippen LogP contribution >= 0.6 is 0 Å². The van der Waals surface area contributed by atoms with Crippen molar-refractivity contribution in [3.8, 4) is 0 Å². The number of aliphatic carboxylic acids is 2. The highest BCUT2D eigenvalue weighted by molar-refractivity contribution is 6.00. The smallest absolute Gasteiger partial charge is 0.322 e. The zero-order chi connectivity index (χ0) is 11.9. The topological polar surface area (TPSA) is 74.6 Å². The maximum Gasteiger partial charge on any atom is 0.322 e. The van der Waals surface area contributed by atoms with Crippen molar-refractivity contribution >= 4 is 11.9 Å². The molecule has 1 aromatic rings. The molecule has 4 nitrogen and oxygen atoms in total. The molecule has 1 atom stereocenters. The molecule has 0 fully saturated rings. The van der Waals surface area contributed by atoms with Crippen LogP contribution in [0.4, 0.5) is 0 Å². The summed E-state index contributed by atoms with van der Waals surface area (Å²) in [4.78, 5) is 22.5. The van der Waals surface area contributed by atoms with E-state index in [4.69, 9.17) is 0 Å². The van der Waals surface area contributed by atoms with Gasteiger partial charge in [0.05, 0.1) is 0 Å². The highest BCUT2D eigenvalue weighted by Gasteiger charge is 2.55. The molecular weight excluding hydrogens is 208 g/mol. The third-order valence-electron chi connectivity index (χ3n) is 3.49. The van der Waals surface area contributed by atoms with Crippen molar-refractivity contribution in [1.29, 1.82) is 0 Å². The Bertz CT molecular complexity index is 450. The summed E-state index contributed by atoms with van der Waals surface area (Å²) in [6.45, 7) is 1.66. The minimum Gasteiger partial charge on any atom is -0.480 e. The fourth-order valence-electron chi connectivity index (χ4n) is 2.45. The van der Waals surface area contributed by atoms with Gasteiger partial charge in [0.1, 0.15) is 0 Å². The normalized spacial score (nSPS) is 21.4. The van der Waals surface area contributed by atoms with Crippen LogP contribution in [0, 0.1) is 5.41 Å². The van der Waals surface area contributed by atoms with Crippen LogP contribution in [0.5, 0.6) is 0 Å². The Labute approximate surface area is 92.5 Å². The van der Waals surface area contributed by atoms with Crippen molar-refractivity contribution in [3.05, 3.63) is 35.4 Å². The number of hydrogen-bond donors (Lipinski definition) is 2. The van der Waals surface area contributed by atoms with Gasteiger partial charge in [-0.1, -0.05) is 31.2 Å². The molecule has 0 saturated heterocycles. The second kappa shape index (κ2) is 3.33. The highest BCUT2D eigenvalue weighted by atomic mass is 16.4. The van der Waals surface area contributed by atoms with Gasteiger partial charge in [0.25, 0.3) is 0 Å². The molecule has 1 aliphatic carbocycles. The van der Waals surface area contributed by atoms with E-state index >= 15 is 0 Å². The molecule has 0 spiro atoms. The lowest BCUT2D eigenvalue weighted by molar-refractivity contribution is -0.165. The fraction of sp³-hybridized carbons (Fsp3) is 0.333. The molecular formula is C12H12O4. The molecule has 4 heteroatoms. The SMILES string of the molecule is CC1c2ccccc2CC1(C(=O)O)C(=O)O. The number of benzene rings is 1. The second-order valence-corrected chi connectivity index (χ2v) is 4.18. The van der Waals surface area contributed by atoms with Gasteiger partial charge in [-0.15, -0.1) is 0 Å². The Morgan fingerprint density at radius 2 is 1.81 bits per heavy atom. The summed E-state index contributed by atoms with van der Waals surface area (Å²) < 4.78 is 0. The van der Waals surface area contributed by atoms with E-state index in [2.05, 4.69) is 0 Å². The van der Waals surface area contributed by atoms with E-state index in [-0.39, 0.29) is 6.42 Å². The Morgan fingerprint density at radius 3 is 2.31 bits per heavy atom. The number of carboxylic acid groups (broad SMARTS) is 2. The first-order valence-electron chi connectivity index (χ1n) is 5.04. The first kappa shape index (κ1) is 10.7. The Morgan fingerprint density at radius 1 is 1.25 bits per heavy atom. The van der Waals surface area contributed by atoms with Gasteiger partial charge in [0, 0.05) is 12.3 Å². The van der Waals surface area contributed by atoms with Crippen molar-refractivity contribution in [2.45, 2.75) is 19.3 Å². The molecule has 84 valence electrons. The number of fused-ring (bicyclic) bond motifs is 1. The summed E-state index contributed by atoms with van der Waals surface area (Å²) >= 11 is 0. The molecule has 0 aromatic heterocycles. The molecule has 16 heavy (non-hydrogen) atoms. The number of carboxylic acids is 2. The lowest BCUT2D eigenvalue weighted by Crippen LogP contribution is -2.42. The van der Waals surface area contributed by atoms with Crippen molar-refractivity contribution in [2.24, 2.45) is 5.41 Å². The minimum absolute atomic E-state index is 0.0645. The maximum atomic E-state index is 11.3. The first-order chi connectivity index (χ1) is 7.50. The maximum absolute atomic E-state index is 11.3. The molecule has 0 bridgehead atoms. The summed E-state index contributed by atoms with van der Waals surface area (Å²) in [6.07, 6.45) is 0.0645. The molecule has 2 N–H and O–H groups in total. The first-order valence-corrected chi connectivity index (χ1v) is 5.04. The average Bonchev–Trinajstić information content (AvgIpc) is 2.54. The molecule has 0 radical (unpaired) electrons. The second-order valence-electron chi connectivity index (χ2n) is 4.18. The van der Waals surface area contributed by atoms with Gasteiger partial charge in [-0.3, -0.25) is 9.59 Å². The molecule has 0 aliphatic heterocycles. The van der Waals surface area contributed by atoms with E-state index in [1.165, 1.54) is 0 Å². The molecule has 0 amide bonds. The number of rotatable bonds is 2. The summed E-state index contributed by atoms with van der Waals surface area (Å²) in [5.41, 5.74) is -0.0592. The van der Waals surface area contributed by atoms with E-state index in [1.54, 1.807) is 31.2 Å². The largest absolute Gasteiger partial charge is 0.480 e. The van der Waals surface area contributed by atoms with Crippen LogP contribution in [-0.2, 0) is 16.0 Å². The van der Waals surface area contributed by atoms with Crippen LogP contribution in [-0.4, -0.2) is 22.2 Å². The third-order valence-corrected chi connectivity index (χ3v) is 3.49. The summed E-state index contributed by atoms with van der Waals surface area (Å²) in [5, 5.41) is 18.4. The van der Waals surface area contributed by atoms with Crippen LogP contribution in [0.3, 0.4) is 0 Å². The predicted octanol–water partition coefficient (Wildman–Crippen LogP) is 1.50. The predicted molar refractivity (Wildman–Crippen MR) is 56.3 cm³/mol. The van der Waals surface area contributed by atoms with Gasteiger partial charge in [0.2, 0.25) is 0 Å². The van der Waals surface area contributed by atoms with Gasteiger partial charge in [-0.25, -0.2) is 0 Å². The minimum atomic E-state index is -1.70. The third kappa shape index (κ3) is 1.16. The summed E-state index contributed by atoms with van der Waals surface area (Å²) in [5.74, 6) is -3.02. The van der Waals surface area contributed by atoms with Crippen LogP contribution < -0.4 is 0 Å². The molecule has 0 saturated carbocycles. The lowest BCUT2D eigenvalue weighted by Gasteiger charge is -2.24. The van der Waals surface area contributed by atoms with E-state index in [0.717, 1.165) is 11.1 Å². The van der Waals surface area contributed by atoms with Crippen molar-refractivity contribution in [3.63, 3.8) is 0 Å². The van der Waals surface area contributed by atoms with Crippen LogP contribution in [0.1, 0.15) is 24.0 Å². The van der Waals surface area contributed by atoms with Crippen LogP contribution in [0.2, 0.25) is 0 Å². The van der Waals surface area contributed by atoms with E-state index in [0.29, 0.717) is 0 Å². The molecule has 1 aromatic carbocycles. The van der Waals surface area contributed by atoms with Gasteiger partial charge < -0.3 is 10.2 Å². The van der Waals surface area contributed by atoms with Gasteiger partial charge in [-0.2, -0.15) is 0 Å². The van der Waals surface area contributed by atoms with Crippen molar-refractivity contribution in [1.82, 2.24) is 0 Å². The highest BCUT2D eigenvalue weighted by Crippen LogP contribution is 2.47. The molecule has 1 aliphatic rings. The molecule has 2 rings (SSSR count). The fourth-order valence-corrected chi connectivity index (χ4v) is 2.45. The van der Waals surface area contributed by atoms with Gasteiger partial charge in [0.15, 0.2) is 5.41 Å². The van der Waals surface area contributed by atoms with E-state index in [9.17, 15) is 19.8 Å².